The summed E-state index contributed by atoms with van der Waals surface area (Å²) < 4.78 is 18.5. The van der Waals surface area contributed by atoms with Gasteiger partial charge in [0.2, 0.25) is 0 Å². The van der Waals surface area contributed by atoms with Gasteiger partial charge < -0.3 is 13.9 Å². The summed E-state index contributed by atoms with van der Waals surface area (Å²) in [4.78, 5) is 0. The molecule has 0 amide bonds. The average Bonchev–Trinajstić information content (AvgIpc) is 3.31. The highest BCUT2D eigenvalue weighted by molar-refractivity contribution is 5.86. The molecule has 3 heteroatoms. The van der Waals surface area contributed by atoms with E-state index in [0.717, 1.165) is 50.5 Å². The van der Waals surface area contributed by atoms with Crippen molar-refractivity contribution in [3.05, 3.63) is 126 Å². The third-order valence-electron chi connectivity index (χ3n) is 5.60. The Bertz CT molecular complexity index is 1400. The first-order chi connectivity index (χ1) is 16.8. The van der Waals surface area contributed by atoms with Crippen molar-refractivity contribution >= 4 is 17.0 Å². The third-order valence-corrected chi connectivity index (χ3v) is 5.60. The van der Waals surface area contributed by atoms with Gasteiger partial charge in [0.15, 0.2) is 0 Å². The fourth-order valence-corrected chi connectivity index (χ4v) is 3.88. The molecule has 0 aliphatic heterocycles. The summed E-state index contributed by atoms with van der Waals surface area (Å²) >= 11 is 0. The van der Waals surface area contributed by atoms with E-state index in [1.807, 2.05) is 73.7 Å². The summed E-state index contributed by atoms with van der Waals surface area (Å²) in [6, 6.07) is 34.5. The quantitative estimate of drug-likeness (QED) is 0.240. The van der Waals surface area contributed by atoms with Crippen LogP contribution >= 0.6 is 0 Å². The summed E-state index contributed by atoms with van der Waals surface area (Å²) in [5.74, 6) is 2.24. The van der Waals surface area contributed by atoms with E-state index < -0.39 is 0 Å². The number of furan rings is 1. The van der Waals surface area contributed by atoms with Gasteiger partial charge in [-0.15, -0.1) is 0 Å². The fourth-order valence-electron chi connectivity index (χ4n) is 3.88. The lowest BCUT2D eigenvalue weighted by molar-refractivity contribution is 0.290. The number of fused-ring (bicyclic) bond motifs is 1. The molecular weight excluding hydrogens is 420 g/mol. The van der Waals surface area contributed by atoms with Crippen LogP contribution in [0.15, 0.2) is 114 Å². The summed E-state index contributed by atoms with van der Waals surface area (Å²) in [6.45, 7) is 2.97. The van der Waals surface area contributed by atoms with Crippen LogP contribution in [-0.2, 0) is 13.2 Å². The van der Waals surface area contributed by atoms with Crippen LogP contribution in [0.2, 0.25) is 0 Å². The predicted octanol–water partition coefficient (Wildman–Crippen LogP) is 8.29. The molecule has 34 heavy (non-hydrogen) atoms. The second kappa shape index (κ2) is 10.1. The predicted molar refractivity (Wildman–Crippen MR) is 138 cm³/mol. The van der Waals surface area contributed by atoms with Gasteiger partial charge in [-0.2, -0.15) is 0 Å². The van der Waals surface area contributed by atoms with Crippen LogP contribution in [0.25, 0.3) is 28.4 Å². The molecule has 0 atom stereocenters. The maximum atomic E-state index is 6.28. The summed E-state index contributed by atoms with van der Waals surface area (Å²) in [5.41, 5.74) is 5.11. The molecule has 0 unspecified atom stereocenters. The molecule has 0 saturated heterocycles. The Labute approximate surface area is 199 Å². The van der Waals surface area contributed by atoms with Crippen molar-refractivity contribution in [3.8, 4) is 22.8 Å². The first-order valence-corrected chi connectivity index (χ1v) is 11.4. The standard InChI is InChI=1S/C31H26O3/c1-2-9-23-14-17-29-26(18-23)19-31(34-29)28-16-15-27(32-21-24-10-5-3-6-11-24)20-30(28)33-22-25-12-7-4-8-13-25/h2-20H,21-22H2,1H3/b9-2+. The molecule has 1 heterocycles. The Hall–Kier alpha value is -4.24. The lowest BCUT2D eigenvalue weighted by atomic mass is 10.1. The van der Waals surface area contributed by atoms with Crippen LogP contribution in [0.1, 0.15) is 23.6 Å². The second-order valence-corrected chi connectivity index (χ2v) is 8.11. The lowest BCUT2D eigenvalue weighted by Crippen LogP contribution is -1.99. The van der Waals surface area contributed by atoms with Crippen molar-refractivity contribution in [1.82, 2.24) is 0 Å². The third kappa shape index (κ3) is 5.05. The van der Waals surface area contributed by atoms with E-state index in [0.29, 0.717) is 13.2 Å². The Morgan fingerprint density at radius 1 is 0.706 bits per heavy atom. The number of benzene rings is 4. The molecular formula is C31H26O3. The van der Waals surface area contributed by atoms with Crippen molar-refractivity contribution in [2.75, 3.05) is 0 Å². The van der Waals surface area contributed by atoms with Gasteiger partial charge in [0.1, 0.15) is 36.1 Å². The van der Waals surface area contributed by atoms with Gasteiger partial charge in [0.05, 0.1) is 5.56 Å². The van der Waals surface area contributed by atoms with Gasteiger partial charge in [-0.3, -0.25) is 0 Å². The number of ether oxygens (including phenoxy) is 2. The Morgan fingerprint density at radius 3 is 2.12 bits per heavy atom. The number of hydrogen-bond donors (Lipinski definition) is 0. The zero-order chi connectivity index (χ0) is 23.2. The fraction of sp³-hybridized carbons (Fsp3) is 0.0968. The highest BCUT2D eigenvalue weighted by Crippen LogP contribution is 2.37. The van der Waals surface area contributed by atoms with E-state index in [9.17, 15) is 0 Å². The SMILES string of the molecule is C/C=C/c1ccc2oc(-c3ccc(OCc4ccccc4)cc3OCc3ccccc3)cc2c1. The molecule has 168 valence electrons. The molecule has 5 rings (SSSR count). The van der Waals surface area contributed by atoms with Crippen molar-refractivity contribution in [2.24, 2.45) is 0 Å². The Balaban J connectivity index is 1.46. The van der Waals surface area contributed by atoms with E-state index in [-0.39, 0.29) is 0 Å². The summed E-state index contributed by atoms with van der Waals surface area (Å²) in [6.07, 6.45) is 4.12. The molecule has 1 aromatic heterocycles. The Kier molecular flexibility index (Phi) is 6.44. The summed E-state index contributed by atoms with van der Waals surface area (Å²) in [7, 11) is 0. The molecule has 0 radical (unpaired) electrons. The minimum atomic E-state index is 0.460. The van der Waals surface area contributed by atoms with Crippen LogP contribution in [0, 0.1) is 0 Å². The molecule has 3 nitrogen and oxygen atoms in total. The first-order valence-electron chi connectivity index (χ1n) is 11.4. The molecule has 0 aliphatic rings. The molecule has 0 saturated carbocycles. The molecule has 0 aliphatic carbocycles. The monoisotopic (exact) mass is 446 g/mol. The summed E-state index contributed by atoms with van der Waals surface area (Å²) in [5, 5.41) is 1.06. The van der Waals surface area contributed by atoms with Crippen LogP contribution in [0.5, 0.6) is 11.5 Å². The van der Waals surface area contributed by atoms with E-state index in [1.165, 1.54) is 0 Å². The lowest BCUT2D eigenvalue weighted by Gasteiger charge is -2.13. The molecule has 0 bridgehead atoms. The van der Waals surface area contributed by atoms with Gasteiger partial charge >= 0.3 is 0 Å². The van der Waals surface area contributed by atoms with E-state index in [1.54, 1.807) is 0 Å². The van der Waals surface area contributed by atoms with Gasteiger partial charge in [-0.1, -0.05) is 78.9 Å². The topological polar surface area (TPSA) is 31.6 Å². The maximum Gasteiger partial charge on any atom is 0.139 e. The molecule has 5 aromatic rings. The zero-order valence-electron chi connectivity index (χ0n) is 19.1. The molecule has 0 spiro atoms. The smallest absolute Gasteiger partial charge is 0.139 e. The number of allylic oxidation sites excluding steroid dienone is 1. The first kappa shape index (κ1) is 21.6. The number of hydrogen-bond acceptors (Lipinski definition) is 3. The van der Waals surface area contributed by atoms with Crippen molar-refractivity contribution < 1.29 is 13.9 Å². The molecule has 4 aromatic carbocycles. The van der Waals surface area contributed by atoms with Gasteiger partial charge in [-0.25, -0.2) is 0 Å². The van der Waals surface area contributed by atoms with Gasteiger partial charge in [-0.05, 0) is 53.9 Å². The van der Waals surface area contributed by atoms with E-state index >= 15 is 0 Å². The van der Waals surface area contributed by atoms with Gasteiger partial charge in [0.25, 0.3) is 0 Å². The highest BCUT2D eigenvalue weighted by Gasteiger charge is 2.14. The van der Waals surface area contributed by atoms with Gasteiger partial charge in [0, 0.05) is 11.5 Å². The Morgan fingerprint density at radius 2 is 1.41 bits per heavy atom. The maximum absolute atomic E-state index is 6.28. The molecule has 0 N–H and O–H groups in total. The van der Waals surface area contributed by atoms with Crippen molar-refractivity contribution in [2.45, 2.75) is 20.1 Å². The van der Waals surface area contributed by atoms with Crippen molar-refractivity contribution in [3.63, 3.8) is 0 Å². The molecule has 0 fully saturated rings. The van der Waals surface area contributed by atoms with Crippen LogP contribution in [0.4, 0.5) is 0 Å². The van der Waals surface area contributed by atoms with Crippen LogP contribution < -0.4 is 9.47 Å². The van der Waals surface area contributed by atoms with Crippen molar-refractivity contribution in [1.29, 1.82) is 0 Å². The average molecular weight is 447 g/mol. The van der Waals surface area contributed by atoms with E-state index in [4.69, 9.17) is 13.9 Å². The normalized spacial score (nSPS) is 11.2. The zero-order valence-corrected chi connectivity index (χ0v) is 19.1. The number of rotatable bonds is 8. The van der Waals surface area contributed by atoms with Crippen LogP contribution in [0.3, 0.4) is 0 Å². The highest BCUT2D eigenvalue weighted by atomic mass is 16.5. The largest absolute Gasteiger partial charge is 0.489 e. The minimum absolute atomic E-state index is 0.460. The second-order valence-electron chi connectivity index (χ2n) is 8.11. The van der Waals surface area contributed by atoms with E-state index in [2.05, 4.69) is 48.5 Å². The van der Waals surface area contributed by atoms with Crippen LogP contribution in [-0.4, -0.2) is 0 Å². The minimum Gasteiger partial charge on any atom is -0.489 e.